The number of unbranched alkanes of at least 4 members (excludes halogenated alkanes) is 2. The molecule has 4 heteroatoms. The van der Waals surface area contributed by atoms with Crippen LogP contribution in [0.2, 0.25) is 0 Å². The predicted octanol–water partition coefficient (Wildman–Crippen LogP) is 0.901. The zero-order valence-electron chi connectivity index (χ0n) is 9.17. The second-order valence-electron chi connectivity index (χ2n) is 3.96. The fraction of sp³-hybridized carbons (Fsp3) is 0.900. The molecule has 0 rings (SSSR count). The first kappa shape index (κ1) is 13.4. The van der Waals surface area contributed by atoms with Crippen molar-refractivity contribution < 1.29 is 19.7 Å². The summed E-state index contributed by atoms with van der Waals surface area (Å²) < 4.78 is 0. The molecule has 0 fully saturated rings. The summed E-state index contributed by atoms with van der Waals surface area (Å²) in [6.07, 6.45) is 3.14. The van der Waals surface area contributed by atoms with Crippen molar-refractivity contribution in [3.05, 3.63) is 0 Å². The first-order valence-electron chi connectivity index (χ1n) is 4.96. The lowest BCUT2D eigenvalue weighted by Gasteiger charge is -2.24. The predicted molar refractivity (Wildman–Crippen MR) is 50.2 cm³/mol. The standard InChI is InChI=1S/C10H20O4/c1-4-5-6-7-13-14-8-10(2,3)9(11)12/h4-8H2,1-3H3,(H,11,12)/p-1. The summed E-state index contributed by atoms with van der Waals surface area (Å²) in [5.41, 5.74) is -0.995. The largest absolute Gasteiger partial charge is 0.549 e. The second kappa shape index (κ2) is 6.79. The second-order valence-corrected chi connectivity index (χ2v) is 3.96. The Hall–Kier alpha value is -0.610. The van der Waals surface area contributed by atoms with Crippen LogP contribution >= 0.6 is 0 Å². The van der Waals surface area contributed by atoms with Gasteiger partial charge in [-0.2, -0.15) is 0 Å². The van der Waals surface area contributed by atoms with E-state index in [0.717, 1.165) is 19.3 Å². The van der Waals surface area contributed by atoms with Gasteiger partial charge < -0.3 is 9.90 Å². The summed E-state index contributed by atoms with van der Waals surface area (Å²) in [5.74, 6) is -1.13. The van der Waals surface area contributed by atoms with Gasteiger partial charge in [-0.1, -0.05) is 33.6 Å². The van der Waals surface area contributed by atoms with Crippen molar-refractivity contribution in [2.45, 2.75) is 40.0 Å². The quantitative estimate of drug-likeness (QED) is 0.334. The Kier molecular flexibility index (Phi) is 6.49. The third-order valence-electron chi connectivity index (χ3n) is 1.89. The Morgan fingerprint density at radius 1 is 1.29 bits per heavy atom. The number of carboxylic acid groups (broad SMARTS) is 1. The number of aliphatic carboxylic acids is 1. The number of carboxylic acids is 1. The lowest BCUT2D eigenvalue weighted by Crippen LogP contribution is -2.41. The van der Waals surface area contributed by atoms with E-state index < -0.39 is 11.4 Å². The minimum atomic E-state index is -1.13. The molecule has 0 spiro atoms. The van der Waals surface area contributed by atoms with Crippen molar-refractivity contribution in [1.29, 1.82) is 0 Å². The van der Waals surface area contributed by atoms with E-state index in [1.807, 2.05) is 0 Å². The van der Waals surface area contributed by atoms with Crippen LogP contribution in [-0.2, 0) is 14.6 Å². The van der Waals surface area contributed by atoms with Crippen molar-refractivity contribution >= 4 is 5.97 Å². The van der Waals surface area contributed by atoms with E-state index >= 15 is 0 Å². The van der Waals surface area contributed by atoms with E-state index in [0.29, 0.717) is 6.61 Å². The van der Waals surface area contributed by atoms with Gasteiger partial charge in [0.15, 0.2) is 0 Å². The highest BCUT2D eigenvalue weighted by molar-refractivity contribution is 5.71. The zero-order chi connectivity index (χ0) is 11.0. The van der Waals surface area contributed by atoms with Gasteiger partial charge in [0.2, 0.25) is 0 Å². The summed E-state index contributed by atoms with van der Waals surface area (Å²) in [6, 6.07) is 0. The smallest absolute Gasteiger partial charge is 0.0925 e. The molecular weight excluding hydrogens is 184 g/mol. The summed E-state index contributed by atoms with van der Waals surface area (Å²) in [7, 11) is 0. The van der Waals surface area contributed by atoms with Gasteiger partial charge in [-0.3, -0.25) is 0 Å². The molecule has 0 aliphatic carbocycles. The van der Waals surface area contributed by atoms with Crippen LogP contribution < -0.4 is 5.11 Å². The first-order chi connectivity index (χ1) is 6.50. The highest BCUT2D eigenvalue weighted by atomic mass is 17.2. The topological polar surface area (TPSA) is 58.6 Å². The molecule has 4 nitrogen and oxygen atoms in total. The van der Waals surface area contributed by atoms with Crippen molar-refractivity contribution in [3.8, 4) is 0 Å². The van der Waals surface area contributed by atoms with Crippen LogP contribution in [0.5, 0.6) is 0 Å². The highest BCUT2D eigenvalue weighted by Gasteiger charge is 2.20. The van der Waals surface area contributed by atoms with Gasteiger partial charge in [0.05, 0.1) is 13.2 Å². The Labute approximate surface area is 85.1 Å². The van der Waals surface area contributed by atoms with Gasteiger partial charge in [-0.05, 0) is 6.42 Å². The fourth-order valence-corrected chi connectivity index (χ4v) is 0.718. The third-order valence-corrected chi connectivity index (χ3v) is 1.89. The molecule has 14 heavy (non-hydrogen) atoms. The normalized spacial score (nSPS) is 11.6. The molecule has 84 valence electrons. The maximum Gasteiger partial charge on any atom is 0.0925 e. The van der Waals surface area contributed by atoms with Crippen molar-refractivity contribution in [2.75, 3.05) is 13.2 Å². The van der Waals surface area contributed by atoms with Crippen LogP contribution in [0.25, 0.3) is 0 Å². The molecule has 0 saturated heterocycles. The SMILES string of the molecule is CCCCCOOCC(C)(C)C(=O)[O-]. The van der Waals surface area contributed by atoms with Crippen molar-refractivity contribution in [3.63, 3.8) is 0 Å². The van der Waals surface area contributed by atoms with E-state index in [9.17, 15) is 9.90 Å². The van der Waals surface area contributed by atoms with E-state index in [4.69, 9.17) is 9.78 Å². The molecule has 0 amide bonds. The number of rotatable bonds is 8. The molecule has 0 atom stereocenters. The minimum Gasteiger partial charge on any atom is -0.549 e. The first-order valence-corrected chi connectivity index (χ1v) is 4.96. The van der Waals surface area contributed by atoms with Gasteiger partial charge >= 0.3 is 0 Å². The highest BCUT2D eigenvalue weighted by Crippen LogP contribution is 2.13. The third kappa shape index (κ3) is 5.94. The van der Waals surface area contributed by atoms with E-state index in [-0.39, 0.29) is 6.61 Å². The zero-order valence-corrected chi connectivity index (χ0v) is 9.17. The van der Waals surface area contributed by atoms with Gasteiger partial charge in [-0.15, -0.1) is 0 Å². The lowest BCUT2D eigenvalue weighted by atomic mass is 9.96. The van der Waals surface area contributed by atoms with E-state index in [1.165, 1.54) is 13.8 Å². The van der Waals surface area contributed by atoms with Crippen molar-refractivity contribution in [2.24, 2.45) is 5.41 Å². The van der Waals surface area contributed by atoms with Crippen LogP contribution in [-0.4, -0.2) is 19.2 Å². The minimum absolute atomic E-state index is 0.0153. The maximum absolute atomic E-state index is 10.5. The molecule has 0 aromatic carbocycles. The maximum atomic E-state index is 10.5. The van der Waals surface area contributed by atoms with Gasteiger partial charge in [0, 0.05) is 11.4 Å². The van der Waals surface area contributed by atoms with E-state index in [1.54, 1.807) is 0 Å². The summed E-state index contributed by atoms with van der Waals surface area (Å²) in [4.78, 5) is 20.2. The fourth-order valence-electron chi connectivity index (χ4n) is 0.718. The van der Waals surface area contributed by atoms with Crippen LogP contribution in [0.3, 0.4) is 0 Å². The van der Waals surface area contributed by atoms with Crippen LogP contribution in [0.1, 0.15) is 40.0 Å². The van der Waals surface area contributed by atoms with Crippen LogP contribution in [0.15, 0.2) is 0 Å². The summed E-state index contributed by atoms with van der Waals surface area (Å²) in [6.45, 7) is 5.70. The van der Waals surface area contributed by atoms with Gasteiger partial charge in [-0.25, -0.2) is 9.78 Å². The Morgan fingerprint density at radius 3 is 2.43 bits per heavy atom. The van der Waals surface area contributed by atoms with E-state index in [2.05, 4.69) is 6.92 Å². The molecule has 0 aromatic rings. The Morgan fingerprint density at radius 2 is 1.93 bits per heavy atom. The molecule has 0 aromatic heterocycles. The van der Waals surface area contributed by atoms with Gasteiger partial charge in [0.25, 0.3) is 0 Å². The van der Waals surface area contributed by atoms with Crippen molar-refractivity contribution in [1.82, 2.24) is 0 Å². The number of carbonyl (C=O) groups is 1. The molecule has 0 radical (unpaired) electrons. The Bertz CT molecular complexity index is 166. The lowest BCUT2D eigenvalue weighted by molar-refractivity contribution is -0.340. The molecule has 0 aliphatic heterocycles. The van der Waals surface area contributed by atoms with Crippen LogP contribution in [0, 0.1) is 5.41 Å². The monoisotopic (exact) mass is 203 g/mol. The van der Waals surface area contributed by atoms with Crippen LogP contribution in [0.4, 0.5) is 0 Å². The molecule has 0 N–H and O–H groups in total. The molecule has 0 aliphatic rings. The molecular formula is C10H19O4-. The van der Waals surface area contributed by atoms with Gasteiger partial charge in [0.1, 0.15) is 0 Å². The summed E-state index contributed by atoms with van der Waals surface area (Å²) >= 11 is 0. The average molecular weight is 203 g/mol. The molecule has 0 saturated carbocycles. The summed E-state index contributed by atoms with van der Waals surface area (Å²) in [5, 5.41) is 10.5. The molecule has 0 heterocycles. The molecule has 0 bridgehead atoms. The Balaban J connectivity index is 3.40. The average Bonchev–Trinajstić information content (AvgIpc) is 2.10. The number of carbonyl (C=O) groups excluding carboxylic acids is 1. The molecule has 0 unspecified atom stereocenters. The number of hydrogen-bond acceptors (Lipinski definition) is 4. The number of hydrogen-bond donors (Lipinski definition) is 0.